The van der Waals surface area contributed by atoms with E-state index in [2.05, 4.69) is 9.97 Å². The fourth-order valence-electron chi connectivity index (χ4n) is 1.02. The smallest absolute Gasteiger partial charge is 0.160 e. The summed E-state index contributed by atoms with van der Waals surface area (Å²) in [5.74, 6) is 0.603. The molecule has 0 aliphatic rings. The van der Waals surface area contributed by atoms with E-state index in [0.717, 1.165) is 11.8 Å². The molecule has 0 aromatic carbocycles. The molecule has 0 bridgehead atoms. The van der Waals surface area contributed by atoms with Crippen molar-refractivity contribution < 1.29 is 4.79 Å². The van der Waals surface area contributed by atoms with E-state index >= 15 is 0 Å². The molecule has 0 saturated carbocycles. The summed E-state index contributed by atoms with van der Waals surface area (Å²) in [4.78, 5) is 18.7. The summed E-state index contributed by atoms with van der Waals surface area (Å²) in [6, 6.07) is 1.75. The topological polar surface area (TPSA) is 42.9 Å². The number of nitrogens with zero attached hydrogens (tertiary/aromatic N) is 2. The predicted octanol–water partition coefficient (Wildman–Crippen LogP) is 2.02. The number of rotatable bonds is 2. The molecule has 13 heavy (non-hydrogen) atoms. The number of hydrogen-bond acceptors (Lipinski definition) is 4. The first kappa shape index (κ1) is 8.07. The lowest BCUT2D eigenvalue weighted by Gasteiger charge is -1.94. The van der Waals surface area contributed by atoms with E-state index in [1.807, 2.05) is 5.38 Å². The molecule has 64 valence electrons. The van der Waals surface area contributed by atoms with Gasteiger partial charge in [-0.1, -0.05) is 0 Å². The van der Waals surface area contributed by atoms with Gasteiger partial charge in [-0.25, -0.2) is 9.97 Å². The summed E-state index contributed by atoms with van der Waals surface area (Å²) >= 11 is 1.47. The lowest BCUT2D eigenvalue weighted by molar-refractivity contribution is 0.112. The molecule has 2 rings (SSSR count). The summed E-state index contributed by atoms with van der Waals surface area (Å²) in [6.45, 7) is 0. The van der Waals surface area contributed by atoms with E-state index in [4.69, 9.17) is 0 Å². The average molecular weight is 190 g/mol. The standard InChI is InChI=1S/C9H6N2OS/c12-4-7-5-13-6-8(7)9-10-2-1-3-11-9/h1-6H. The van der Waals surface area contributed by atoms with Crippen LogP contribution in [-0.4, -0.2) is 16.3 Å². The minimum Gasteiger partial charge on any atom is -0.298 e. The quantitative estimate of drug-likeness (QED) is 0.680. The summed E-state index contributed by atoms with van der Waals surface area (Å²) in [6.07, 6.45) is 4.14. The van der Waals surface area contributed by atoms with E-state index in [-0.39, 0.29) is 0 Å². The van der Waals surface area contributed by atoms with Crippen molar-refractivity contribution in [1.82, 2.24) is 9.97 Å². The predicted molar refractivity (Wildman–Crippen MR) is 50.7 cm³/mol. The molecular weight excluding hydrogens is 184 g/mol. The Hall–Kier alpha value is -1.55. The fourth-order valence-corrected chi connectivity index (χ4v) is 1.79. The second-order valence-electron chi connectivity index (χ2n) is 2.43. The van der Waals surface area contributed by atoms with Gasteiger partial charge in [0.25, 0.3) is 0 Å². The van der Waals surface area contributed by atoms with Gasteiger partial charge in [0.1, 0.15) is 0 Å². The molecule has 3 nitrogen and oxygen atoms in total. The fraction of sp³-hybridized carbons (Fsp3) is 0. The highest BCUT2D eigenvalue weighted by Gasteiger charge is 2.06. The van der Waals surface area contributed by atoms with Crippen LogP contribution in [0.5, 0.6) is 0 Å². The maximum atomic E-state index is 10.6. The van der Waals surface area contributed by atoms with Crippen molar-refractivity contribution in [1.29, 1.82) is 0 Å². The molecule has 2 aromatic rings. The van der Waals surface area contributed by atoms with Crippen LogP contribution in [0.2, 0.25) is 0 Å². The molecule has 0 atom stereocenters. The van der Waals surface area contributed by atoms with E-state index < -0.39 is 0 Å². The lowest BCUT2D eigenvalue weighted by atomic mass is 10.2. The molecule has 0 aliphatic heterocycles. The molecule has 2 heterocycles. The molecule has 2 aromatic heterocycles. The van der Waals surface area contributed by atoms with Crippen LogP contribution in [0.25, 0.3) is 11.4 Å². The van der Waals surface area contributed by atoms with Crippen LogP contribution in [0.4, 0.5) is 0 Å². The third-order valence-electron chi connectivity index (χ3n) is 1.63. The molecular formula is C9H6N2OS. The van der Waals surface area contributed by atoms with Crippen LogP contribution in [0.1, 0.15) is 10.4 Å². The third kappa shape index (κ3) is 1.48. The van der Waals surface area contributed by atoms with Crippen LogP contribution < -0.4 is 0 Å². The maximum absolute atomic E-state index is 10.6. The highest BCUT2D eigenvalue weighted by Crippen LogP contribution is 2.22. The van der Waals surface area contributed by atoms with Gasteiger partial charge in [0.05, 0.1) is 0 Å². The Morgan fingerprint density at radius 2 is 2.00 bits per heavy atom. The number of carbonyl (C=O) groups is 1. The van der Waals surface area contributed by atoms with Gasteiger partial charge in [0.15, 0.2) is 12.1 Å². The average Bonchev–Trinajstić information content (AvgIpc) is 2.67. The minimum absolute atomic E-state index is 0.603. The molecule has 0 aliphatic carbocycles. The van der Waals surface area contributed by atoms with Crippen LogP contribution in [0, 0.1) is 0 Å². The van der Waals surface area contributed by atoms with E-state index in [1.165, 1.54) is 11.3 Å². The first-order chi connectivity index (χ1) is 6.42. The summed E-state index contributed by atoms with van der Waals surface area (Å²) in [5, 5.41) is 3.66. The van der Waals surface area contributed by atoms with Crippen molar-refractivity contribution in [2.75, 3.05) is 0 Å². The number of carbonyl (C=O) groups excluding carboxylic acids is 1. The zero-order valence-corrected chi connectivity index (χ0v) is 7.49. The Morgan fingerprint density at radius 3 is 2.69 bits per heavy atom. The van der Waals surface area contributed by atoms with Crippen molar-refractivity contribution in [3.63, 3.8) is 0 Å². The normalized spacial score (nSPS) is 9.85. The largest absolute Gasteiger partial charge is 0.298 e. The van der Waals surface area contributed by atoms with Gasteiger partial charge in [-0.3, -0.25) is 4.79 Å². The van der Waals surface area contributed by atoms with Crippen molar-refractivity contribution in [3.05, 3.63) is 34.8 Å². The van der Waals surface area contributed by atoms with Crippen molar-refractivity contribution in [2.24, 2.45) is 0 Å². The first-order valence-electron chi connectivity index (χ1n) is 3.70. The van der Waals surface area contributed by atoms with Crippen LogP contribution in [0.15, 0.2) is 29.2 Å². The van der Waals surface area contributed by atoms with Crippen molar-refractivity contribution in [3.8, 4) is 11.4 Å². The zero-order valence-electron chi connectivity index (χ0n) is 6.68. The molecule has 0 radical (unpaired) electrons. The number of hydrogen-bond donors (Lipinski definition) is 0. The van der Waals surface area contributed by atoms with Gasteiger partial charge in [0.2, 0.25) is 0 Å². The number of thiophene rings is 1. The lowest BCUT2D eigenvalue weighted by Crippen LogP contribution is -1.87. The molecule has 0 N–H and O–H groups in total. The van der Waals surface area contributed by atoms with Gasteiger partial charge in [-0.15, -0.1) is 0 Å². The SMILES string of the molecule is O=Cc1cscc1-c1ncccn1. The van der Waals surface area contributed by atoms with Gasteiger partial charge in [-0.2, -0.15) is 11.3 Å². The Morgan fingerprint density at radius 1 is 1.23 bits per heavy atom. The zero-order chi connectivity index (χ0) is 9.10. The van der Waals surface area contributed by atoms with Crippen LogP contribution in [0.3, 0.4) is 0 Å². The Balaban J connectivity index is 2.52. The maximum Gasteiger partial charge on any atom is 0.160 e. The van der Waals surface area contributed by atoms with Crippen molar-refractivity contribution in [2.45, 2.75) is 0 Å². The first-order valence-corrected chi connectivity index (χ1v) is 4.65. The Bertz CT molecular complexity index is 411. The Labute approximate surface area is 79.1 Å². The molecule has 0 amide bonds. The summed E-state index contributed by atoms with van der Waals surface area (Å²) in [5.41, 5.74) is 1.46. The second-order valence-corrected chi connectivity index (χ2v) is 3.17. The minimum atomic E-state index is 0.603. The van der Waals surface area contributed by atoms with Gasteiger partial charge in [-0.05, 0) is 6.07 Å². The van der Waals surface area contributed by atoms with Gasteiger partial charge >= 0.3 is 0 Å². The van der Waals surface area contributed by atoms with E-state index in [1.54, 1.807) is 23.8 Å². The van der Waals surface area contributed by atoms with Gasteiger partial charge in [0, 0.05) is 34.3 Å². The monoisotopic (exact) mass is 190 g/mol. The summed E-state index contributed by atoms with van der Waals surface area (Å²) < 4.78 is 0. The number of aldehydes is 1. The highest BCUT2D eigenvalue weighted by atomic mass is 32.1. The Kier molecular flexibility index (Phi) is 2.14. The third-order valence-corrected chi connectivity index (χ3v) is 2.39. The highest BCUT2D eigenvalue weighted by molar-refractivity contribution is 7.08. The second kappa shape index (κ2) is 3.45. The van der Waals surface area contributed by atoms with E-state index in [0.29, 0.717) is 11.4 Å². The molecule has 0 fully saturated rings. The van der Waals surface area contributed by atoms with Gasteiger partial charge < -0.3 is 0 Å². The number of aromatic nitrogens is 2. The van der Waals surface area contributed by atoms with Crippen LogP contribution >= 0.6 is 11.3 Å². The molecule has 4 heteroatoms. The molecule has 0 spiro atoms. The molecule has 0 saturated heterocycles. The van der Waals surface area contributed by atoms with Crippen LogP contribution in [-0.2, 0) is 0 Å². The van der Waals surface area contributed by atoms with Crippen molar-refractivity contribution >= 4 is 17.6 Å². The van der Waals surface area contributed by atoms with E-state index in [9.17, 15) is 4.79 Å². The molecule has 0 unspecified atom stereocenters. The summed E-state index contributed by atoms with van der Waals surface area (Å²) in [7, 11) is 0.